The molecule has 0 radical (unpaired) electrons. The first-order chi connectivity index (χ1) is 11.0. The number of benzene rings is 2. The molecule has 1 aliphatic rings. The average molecular weight is 312 g/mol. The molecular formula is C18H17FN2O2. The summed E-state index contributed by atoms with van der Waals surface area (Å²) in [6.45, 7) is 3.81. The van der Waals surface area contributed by atoms with Crippen molar-refractivity contribution in [1.29, 1.82) is 0 Å². The fourth-order valence-electron chi connectivity index (χ4n) is 2.85. The molecule has 0 aliphatic carbocycles. The number of carbonyl (C=O) groups is 2. The van der Waals surface area contributed by atoms with Crippen molar-refractivity contribution in [3.63, 3.8) is 0 Å². The third-order valence-electron chi connectivity index (χ3n) is 3.83. The van der Waals surface area contributed by atoms with Gasteiger partial charge in [0.2, 0.25) is 5.91 Å². The third-order valence-corrected chi connectivity index (χ3v) is 3.83. The summed E-state index contributed by atoms with van der Waals surface area (Å²) in [6.07, 6.45) is 0. The molecular weight excluding hydrogens is 295 g/mol. The SMILES string of the molecule is CC(C)N1C(=O)CN(C(=O)c2cccc(F)c2)c2ccccc21. The van der Waals surface area contributed by atoms with Crippen LogP contribution < -0.4 is 9.80 Å². The second kappa shape index (κ2) is 5.83. The lowest BCUT2D eigenvalue weighted by Crippen LogP contribution is -2.50. The highest BCUT2D eigenvalue weighted by molar-refractivity contribution is 6.16. The number of rotatable bonds is 2. The first-order valence-electron chi connectivity index (χ1n) is 7.47. The maximum atomic E-state index is 13.4. The van der Waals surface area contributed by atoms with Crippen molar-refractivity contribution in [2.24, 2.45) is 0 Å². The molecule has 0 bridgehead atoms. The minimum atomic E-state index is -0.476. The van der Waals surface area contributed by atoms with Crippen LogP contribution in [0.1, 0.15) is 24.2 Å². The van der Waals surface area contributed by atoms with Gasteiger partial charge in [-0.15, -0.1) is 0 Å². The molecule has 1 heterocycles. The summed E-state index contributed by atoms with van der Waals surface area (Å²) in [4.78, 5) is 28.3. The average Bonchev–Trinajstić information content (AvgIpc) is 2.53. The minimum Gasteiger partial charge on any atom is -0.306 e. The molecule has 2 amide bonds. The first-order valence-corrected chi connectivity index (χ1v) is 7.47. The van der Waals surface area contributed by atoms with Crippen LogP contribution in [-0.4, -0.2) is 24.4 Å². The predicted molar refractivity (Wildman–Crippen MR) is 87.1 cm³/mol. The normalized spacial score (nSPS) is 14.2. The van der Waals surface area contributed by atoms with E-state index in [1.165, 1.54) is 23.1 Å². The Morgan fingerprint density at radius 3 is 2.43 bits per heavy atom. The summed E-state index contributed by atoms with van der Waals surface area (Å²) in [6, 6.07) is 12.8. The number of amides is 2. The van der Waals surface area contributed by atoms with Gasteiger partial charge in [0, 0.05) is 11.6 Å². The van der Waals surface area contributed by atoms with Crippen molar-refractivity contribution in [3.8, 4) is 0 Å². The van der Waals surface area contributed by atoms with Crippen LogP contribution in [0.2, 0.25) is 0 Å². The van der Waals surface area contributed by atoms with Crippen molar-refractivity contribution >= 4 is 23.2 Å². The van der Waals surface area contributed by atoms with Crippen molar-refractivity contribution in [2.75, 3.05) is 16.3 Å². The largest absolute Gasteiger partial charge is 0.306 e. The van der Waals surface area contributed by atoms with E-state index in [0.29, 0.717) is 11.4 Å². The predicted octanol–water partition coefficient (Wildman–Crippen LogP) is 3.23. The van der Waals surface area contributed by atoms with E-state index >= 15 is 0 Å². The molecule has 2 aromatic carbocycles. The molecule has 23 heavy (non-hydrogen) atoms. The number of nitrogens with zero attached hydrogens (tertiary/aromatic N) is 2. The van der Waals surface area contributed by atoms with Gasteiger partial charge in [-0.3, -0.25) is 14.5 Å². The van der Waals surface area contributed by atoms with E-state index in [-0.39, 0.29) is 30.0 Å². The van der Waals surface area contributed by atoms with E-state index in [1.54, 1.807) is 17.0 Å². The van der Waals surface area contributed by atoms with Gasteiger partial charge in [-0.25, -0.2) is 4.39 Å². The van der Waals surface area contributed by atoms with Gasteiger partial charge in [-0.1, -0.05) is 18.2 Å². The van der Waals surface area contributed by atoms with Gasteiger partial charge in [0.1, 0.15) is 12.4 Å². The monoisotopic (exact) mass is 312 g/mol. The molecule has 118 valence electrons. The number of para-hydroxylation sites is 2. The maximum absolute atomic E-state index is 13.4. The van der Waals surface area contributed by atoms with Gasteiger partial charge in [0.05, 0.1) is 11.4 Å². The van der Waals surface area contributed by atoms with Crippen LogP contribution in [0, 0.1) is 5.82 Å². The summed E-state index contributed by atoms with van der Waals surface area (Å²) >= 11 is 0. The molecule has 5 heteroatoms. The molecule has 3 rings (SSSR count). The fourth-order valence-corrected chi connectivity index (χ4v) is 2.85. The van der Waals surface area contributed by atoms with Gasteiger partial charge in [-0.05, 0) is 44.2 Å². The van der Waals surface area contributed by atoms with Gasteiger partial charge in [-0.2, -0.15) is 0 Å². The van der Waals surface area contributed by atoms with Gasteiger partial charge < -0.3 is 4.90 Å². The molecule has 0 saturated heterocycles. The zero-order valence-electron chi connectivity index (χ0n) is 13.0. The summed E-state index contributed by atoms with van der Waals surface area (Å²) < 4.78 is 13.4. The number of halogens is 1. The van der Waals surface area contributed by atoms with Crippen LogP contribution in [0.25, 0.3) is 0 Å². The highest BCUT2D eigenvalue weighted by Crippen LogP contribution is 2.35. The van der Waals surface area contributed by atoms with Crippen LogP contribution in [-0.2, 0) is 4.79 Å². The number of anilines is 2. The molecule has 0 N–H and O–H groups in total. The van der Waals surface area contributed by atoms with Crippen LogP contribution in [0.4, 0.5) is 15.8 Å². The Morgan fingerprint density at radius 1 is 1.09 bits per heavy atom. The van der Waals surface area contributed by atoms with Crippen molar-refractivity contribution < 1.29 is 14.0 Å². The number of hydrogen-bond donors (Lipinski definition) is 0. The molecule has 0 aromatic heterocycles. The van der Waals surface area contributed by atoms with Gasteiger partial charge in [0.25, 0.3) is 5.91 Å². The standard InChI is InChI=1S/C18H17FN2O2/c1-12(2)21-16-9-4-3-8-15(16)20(11-17(21)22)18(23)13-6-5-7-14(19)10-13/h3-10,12H,11H2,1-2H3. The molecule has 0 fully saturated rings. The van der Waals surface area contributed by atoms with E-state index in [0.717, 1.165) is 0 Å². The highest BCUT2D eigenvalue weighted by Gasteiger charge is 2.33. The molecule has 2 aromatic rings. The Kier molecular flexibility index (Phi) is 3.86. The Labute approximate surface area is 134 Å². The second-order valence-electron chi connectivity index (χ2n) is 5.75. The van der Waals surface area contributed by atoms with Crippen LogP contribution >= 0.6 is 0 Å². The lowest BCUT2D eigenvalue weighted by Gasteiger charge is -2.38. The van der Waals surface area contributed by atoms with E-state index in [4.69, 9.17) is 0 Å². The first kappa shape index (κ1) is 15.2. The van der Waals surface area contributed by atoms with Crippen LogP contribution in [0.15, 0.2) is 48.5 Å². The molecule has 0 atom stereocenters. The van der Waals surface area contributed by atoms with Crippen LogP contribution in [0.5, 0.6) is 0 Å². The zero-order chi connectivity index (χ0) is 16.6. The van der Waals surface area contributed by atoms with E-state index in [1.807, 2.05) is 32.0 Å². The van der Waals surface area contributed by atoms with E-state index in [9.17, 15) is 14.0 Å². The van der Waals surface area contributed by atoms with E-state index < -0.39 is 5.82 Å². The Hall–Kier alpha value is -2.69. The lowest BCUT2D eigenvalue weighted by atomic mass is 10.1. The van der Waals surface area contributed by atoms with E-state index in [2.05, 4.69) is 0 Å². The Bertz CT molecular complexity index is 773. The molecule has 0 saturated carbocycles. The maximum Gasteiger partial charge on any atom is 0.258 e. The van der Waals surface area contributed by atoms with Gasteiger partial charge >= 0.3 is 0 Å². The summed E-state index contributed by atoms with van der Waals surface area (Å²) in [5.74, 6) is -1.01. The third kappa shape index (κ3) is 2.70. The van der Waals surface area contributed by atoms with Gasteiger partial charge in [0.15, 0.2) is 0 Å². The molecule has 0 unspecified atom stereocenters. The smallest absolute Gasteiger partial charge is 0.258 e. The number of hydrogen-bond acceptors (Lipinski definition) is 2. The Morgan fingerprint density at radius 2 is 1.78 bits per heavy atom. The van der Waals surface area contributed by atoms with Crippen molar-refractivity contribution in [3.05, 3.63) is 59.9 Å². The molecule has 4 nitrogen and oxygen atoms in total. The minimum absolute atomic E-state index is 0.00456. The highest BCUT2D eigenvalue weighted by atomic mass is 19.1. The number of fused-ring (bicyclic) bond motifs is 1. The lowest BCUT2D eigenvalue weighted by molar-refractivity contribution is -0.117. The summed E-state index contributed by atoms with van der Waals surface area (Å²) in [7, 11) is 0. The van der Waals surface area contributed by atoms with Crippen molar-refractivity contribution in [2.45, 2.75) is 19.9 Å². The van der Waals surface area contributed by atoms with Crippen LogP contribution in [0.3, 0.4) is 0 Å². The number of carbonyl (C=O) groups excluding carboxylic acids is 2. The van der Waals surface area contributed by atoms with Crippen molar-refractivity contribution in [1.82, 2.24) is 0 Å². The topological polar surface area (TPSA) is 40.6 Å². The zero-order valence-corrected chi connectivity index (χ0v) is 13.0. The molecule has 1 aliphatic heterocycles. The quantitative estimate of drug-likeness (QED) is 0.854. The molecule has 0 spiro atoms. The Balaban J connectivity index is 2.05. The second-order valence-corrected chi connectivity index (χ2v) is 5.75. The summed E-state index contributed by atoms with van der Waals surface area (Å²) in [5, 5.41) is 0. The summed E-state index contributed by atoms with van der Waals surface area (Å²) in [5.41, 5.74) is 1.59. The fraction of sp³-hybridized carbons (Fsp3) is 0.222.